The van der Waals surface area contributed by atoms with Gasteiger partial charge in [-0.1, -0.05) is 0 Å². The summed E-state index contributed by atoms with van der Waals surface area (Å²) < 4.78 is 28.9. The second kappa shape index (κ2) is 5.49. The summed E-state index contributed by atoms with van der Waals surface area (Å²) >= 11 is 0. The molecule has 3 rings (SSSR count). The highest BCUT2D eigenvalue weighted by molar-refractivity contribution is 5.94. The molecular weight excluding hydrogens is 292 g/mol. The van der Waals surface area contributed by atoms with Crippen LogP contribution in [0.4, 0.5) is 8.78 Å². The summed E-state index contributed by atoms with van der Waals surface area (Å²) in [7, 11) is 1.68. The van der Waals surface area contributed by atoms with Crippen molar-refractivity contribution in [2.45, 2.75) is 18.6 Å². The molecule has 0 radical (unpaired) electrons. The van der Waals surface area contributed by atoms with Crippen LogP contribution < -0.4 is 0 Å². The number of aromatic nitrogens is 2. The highest BCUT2D eigenvalue weighted by atomic mass is 19.1. The summed E-state index contributed by atoms with van der Waals surface area (Å²) in [6.07, 6.45) is 2.36. The summed E-state index contributed by atoms with van der Waals surface area (Å²) in [6, 6.07) is 2.43. The minimum atomic E-state index is -0.770. The van der Waals surface area contributed by atoms with E-state index in [1.807, 2.05) is 0 Å². The number of aryl methyl sites for hydroxylation is 1. The number of hydrogen-bond acceptors (Lipinski definition) is 3. The van der Waals surface area contributed by atoms with Crippen molar-refractivity contribution in [1.82, 2.24) is 14.7 Å². The lowest BCUT2D eigenvalue weighted by molar-refractivity contribution is 0.0713. The predicted octanol–water partition coefficient (Wildman–Crippen LogP) is 1.65. The Bertz CT molecular complexity index is 717. The summed E-state index contributed by atoms with van der Waals surface area (Å²) in [6.45, 7) is 0.0777. The first-order valence-corrected chi connectivity index (χ1v) is 6.88. The van der Waals surface area contributed by atoms with E-state index in [2.05, 4.69) is 5.10 Å². The molecule has 1 N–H and O–H groups in total. The Labute approximate surface area is 125 Å². The number of aliphatic hydroxyl groups is 1. The summed E-state index contributed by atoms with van der Waals surface area (Å²) in [5, 5.41) is 13.8. The molecule has 0 saturated carbocycles. The van der Waals surface area contributed by atoms with Crippen molar-refractivity contribution in [2.24, 2.45) is 7.05 Å². The summed E-state index contributed by atoms with van der Waals surface area (Å²) in [4.78, 5) is 13.9. The second-order valence-corrected chi connectivity index (χ2v) is 5.43. The van der Waals surface area contributed by atoms with Crippen molar-refractivity contribution in [2.75, 3.05) is 6.54 Å². The molecule has 22 heavy (non-hydrogen) atoms. The van der Waals surface area contributed by atoms with Crippen molar-refractivity contribution in [3.05, 3.63) is 53.4 Å². The lowest BCUT2D eigenvalue weighted by Gasteiger charge is -2.24. The van der Waals surface area contributed by atoms with Gasteiger partial charge >= 0.3 is 0 Å². The molecule has 116 valence electrons. The molecule has 0 bridgehead atoms. The normalized spacial score (nSPS) is 21.4. The molecule has 7 heteroatoms. The molecule has 5 nitrogen and oxygen atoms in total. The number of carbonyl (C=O) groups is 1. The molecule has 1 saturated heterocycles. The molecule has 1 aliphatic rings. The predicted molar refractivity (Wildman–Crippen MR) is 74.0 cm³/mol. The number of hydrogen-bond donors (Lipinski definition) is 1. The number of β-amino-alcohol motifs (C(OH)–C–C–N with tert-alkyl or cyclic N) is 1. The van der Waals surface area contributed by atoms with E-state index in [4.69, 9.17) is 0 Å². The van der Waals surface area contributed by atoms with Crippen LogP contribution >= 0.6 is 0 Å². The zero-order chi connectivity index (χ0) is 15.9. The maximum Gasteiger partial charge on any atom is 0.257 e. The van der Waals surface area contributed by atoms with Crippen LogP contribution in [0.3, 0.4) is 0 Å². The number of nitrogens with zero attached hydrogens (tertiary/aromatic N) is 3. The number of aliphatic hydroxyl groups excluding tert-OH is 1. The van der Waals surface area contributed by atoms with Gasteiger partial charge in [-0.15, -0.1) is 0 Å². The van der Waals surface area contributed by atoms with Crippen LogP contribution in [0.1, 0.15) is 28.4 Å². The number of rotatable bonds is 2. The third-order valence-corrected chi connectivity index (χ3v) is 3.81. The van der Waals surface area contributed by atoms with Gasteiger partial charge in [0.15, 0.2) is 0 Å². The van der Waals surface area contributed by atoms with Gasteiger partial charge in [-0.3, -0.25) is 9.48 Å². The van der Waals surface area contributed by atoms with Crippen LogP contribution in [0.25, 0.3) is 0 Å². The summed E-state index contributed by atoms with van der Waals surface area (Å²) in [5.74, 6) is -1.53. The zero-order valence-corrected chi connectivity index (χ0v) is 11.9. The van der Waals surface area contributed by atoms with Gasteiger partial charge in [0.1, 0.15) is 11.6 Å². The molecule has 2 heterocycles. The van der Waals surface area contributed by atoms with Gasteiger partial charge in [-0.25, -0.2) is 8.78 Å². The Morgan fingerprint density at radius 3 is 2.86 bits per heavy atom. The van der Waals surface area contributed by atoms with E-state index in [0.29, 0.717) is 5.56 Å². The van der Waals surface area contributed by atoms with Crippen LogP contribution in [0.2, 0.25) is 0 Å². The molecule has 1 fully saturated rings. The van der Waals surface area contributed by atoms with Gasteiger partial charge in [0.2, 0.25) is 0 Å². The topological polar surface area (TPSA) is 58.4 Å². The molecule has 0 spiro atoms. The van der Waals surface area contributed by atoms with Crippen molar-refractivity contribution < 1.29 is 18.7 Å². The Hall–Kier alpha value is -2.28. The average molecular weight is 307 g/mol. The van der Waals surface area contributed by atoms with Gasteiger partial charge < -0.3 is 10.0 Å². The van der Waals surface area contributed by atoms with Gasteiger partial charge in [0, 0.05) is 25.4 Å². The van der Waals surface area contributed by atoms with E-state index in [9.17, 15) is 18.7 Å². The number of likely N-dealkylation sites (tertiary alicyclic amines) is 1. The Kier molecular flexibility index (Phi) is 3.66. The SMILES string of the molecule is Cn1cc(C(=O)N2C[C@H](O)C[C@@H]2c2cc(F)ccc2F)cn1. The monoisotopic (exact) mass is 307 g/mol. The lowest BCUT2D eigenvalue weighted by atomic mass is 10.0. The number of benzene rings is 1. The fourth-order valence-electron chi connectivity index (χ4n) is 2.80. The van der Waals surface area contributed by atoms with Gasteiger partial charge in [0.25, 0.3) is 5.91 Å². The fourth-order valence-corrected chi connectivity index (χ4v) is 2.80. The first-order chi connectivity index (χ1) is 10.5. The maximum atomic E-state index is 14.0. The van der Waals surface area contributed by atoms with Crippen molar-refractivity contribution in [3.8, 4) is 0 Å². The quantitative estimate of drug-likeness (QED) is 0.918. The third kappa shape index (κ3) is 2.59. The minimum Gasteiger partial charge on any atom is -0.391 e. The molecule has 1 aromatic heterocycles. The van der Waals surface area contributed by atoms with E-state index in [1.54, 1.807) is 13.2 Å². The average Bonchev–Trinajstić information content (AvgIpc) is 3.07. The third-order valence-electron chi connectivity index (χ3n) is 3.81. The van der Waals surface area contributed by atoms with Gasteiger partial charge in [0.05, 0.1) is 23.9 Å². The highest BCUT2D eigenvalue weighted by Gasteiger charge is 2.37. The van der Waals surface area contributed by atoms with Gasteiger partial charge in [-0.05, 0) is 24.6 Å². The Morgan fingerprint density at radius 1 is 1.41 bits per heavy atom. The Balaban J connectivity index is 1.95. The Morgan fingerprint density at radius 2 is 2.18 bits per heavy atom. The van der Waals surface area contributed by atoms with E-state index < -0.39 is 23.8 Å². The number of carbonyl (C=O) groups excluding carboxylic acids is 1. The molecule has 2 atom stereocenters. The standard InChI is InChI=1S/C15H15F2N3O2/c1-19-7-9(6-18-19)15(22)20-8-11(21)5-14(20)12-4-10(16)2-3-13(12)17/h2-4,6-7,11,14,21H,5,8H2,1H3/t11-,14-/m1/s1. The van der Waals surface area contributed by atoms with Crippen LogP contribution in [-0.4, -0.2) is 38.3 Å². The lowest BCUT2D eigenvalue weighted by Crippen LogP contribution is -2.32. The first kappa shape index (κ1) is 14.6. The first-order valence-electron chi connectivity index (χ1n) is 6.88. The van der Waals surface area contributed by atoms with Crippen LogP contribution in [0.15, 0.2) is 30.6 Å². The molecular formula is C15H15F2N3O2. The molecule has 2 aromatic rings. The largest absolute Gasteiger partial charge is 0.391 e. The van der Waals surface area contributed by atoms with Gasteiger partial charge in [-0.2, -0.15) is 5.10 Å². The van der Waals surface area contributed by atoms with Crippen LogP contribution in [-0.2, 0) is 7.05 Å². The van der Waals surface area contributed by atoms with Crippen LogP contribution in [0.5, 0.6) is 0 Å². The zero-order valence-electron chi connectivity index (χ0n) is 11.9. The van der Waals surface area contributed by atoms with E-state index >= 15 is 0 Å². The van der Waals surface area contributed by atoms with Crippen LogP contribution in [0, 0.1) is 11.6 Å². The molecule has 0 unspecified atom stereocenters. The van der Waals surface area contributed by atoms with E-state index in [-0.39, 0.29) is 24.4 Å². The highest BCUT2D eigenvalue weighted by Crippen LogP contribution is 2.35. The second-order valence-electron chi connectivity index (χ2n) is 5.43. The molecule has 1 aromatic carbocycles. The van der Waals surface area contributed by atoms with Crippen molar-refractivity contribution in [3.63, 3.8) is 0 Å². The van der Waals surface area contributed by atoms with Crippen molar-refractivity contribution >= 4 is 5.91 Å². The molecule has 1 amide bonds. The minimum absolute atomic E-state index is 0.0776. The van der Waals surface area contributed by atoms with E-state index in [0.717, 1.165) is 18.2 Å². The summed E-state index contributed by atoms with van der Waals surface area (Å²) in [5.41, 5.74) is 0.423. The number of amides is 1. The fraction of sp³-hybridized carbons (Fsp3) is 0.333. The smallest absolute Gasteiger partial charge is 0.257 e. The number of halogens is 2. The maximum absolute atomic E-state index is 14.0. The van der Waals surface area contributed by atoms with Crippen molar-refractivity contribution in [1.29, 1.82) is 0 Å². The van der Waals surface area contributed by atoms with E-state index in [1.165, 1.54) is 15.8 Å². The molecule has 0 aliphatic carbocycles. The molecule has 1 aliphatic heterocycles.